The molecule has 3 N–H and O–H groups in total. The Balaban J connectivity index is 2.85. The number of nitrogens with one attached hydrogen (secondary N) is 1. The van der Waals surface area contributed by atoms with E-state index in [1.165, 1.54) is 19.1 Å². The summed E-state index contributed by atoms with van der Waals surface area (Å²) in [6, 6.07) is 4.69. The van der Waals surface area contributed by atoms with Crippen LogP contribution in [0.4, 0.5) is 0 Å². The van der Waals surface area contributed by atoms with Crippen molar-refractivity contribution in [3.05, 3.63) is 29.3 Å². The zero-order chi connectivity index (χ0) is 15.6. The van der Waals surface area contributed by atoms with Gasteiger partial charge in [0.1, 0.15) is 0 Å². The summed E-state index contributed by atoms with van der Waals surface area (Å²) in [5, 5.41) is 18.4. The van der Waals surface area contributed by atoms with Gasteiger partial charge in [0, 0.05) is 6.54 Å². The van der Waals surface area contributed by atoms with E-state index in [1.54, 1.807) is 13.0 Å². The summed E-state index contributed by atoms with van der Waals surface area (Å²) in [5.74, 6) is -1.19. The Morgan fingerprint density at radius 1 is 1.30 bits per heavy atom. The van der Waals surface area contributed by atoms with Crippen LogP contribution in [0.1, 0.15) is 24.5 Å². The molecule has 0 saturated heterocycles. The maximum Gasteiger partial charge on any atom is 0.306 e. The third-order valence-corrected chi connectivity index (χ3v) is 4.36. The molecule has 0 aliphatic carbocycles. The van der Waals surface area contributed by atoms with Crippen LogP contribution >= 0.6 is 0 Å². The number of carbonyl (C=O) groups is 1. The Kier molecular flexibility index (Phi) is 4.90. The summed E-state index contributed by atoms with van der Waals surface area (Å²) in [4.78, 5) is 10.6. The second-order valence-electron chi connectivity index (χ2n) is 5.14. The number of carboxylic acid groups (broad SMARTS) is 1. The molecule has 1 unspecified atom stereocenters. The molecule has 20 heavy (non-hydrogen) atoms. The van der Waals surface area contributed by atoms with Crippen LogP contribution in [0.2, 0.25) is 0 Å². The fourth-order valence-electron chi connectivity index (χ4n) is 1.60. The van der Waals surface area contributed by atoms with Crippen LogP contribution < -0.4 is 4.72 Å². The van der Waals surface area contributed by atoms with Gasteiger partial charge >= 0.3 is 5.97 Å². The van der Waals surface area contributed by atoms with E-state index in [0.29, 0.717) is 0 Å². The molecule has 1 aromatic rings. The van der Waals surface area contributed by atoms with Gasteiger partial charge < -0.3 is 10.2 Å². The molecular formula is C13H19NO5S. The molecule has 0 radical (unpaired) electrons. The Morgan fingerprint density at radius 3 is 2.40 bits per heavy atom. The first kappa shape index (κ1) is 16.6. The van der Waals surface area contributed by atoms with Crippen molar-refractivity contribution >= 4 is 16.0 Å². The van der Waals surface area contributed by atoms with E-state index in [1.807, 2.05) is 6.92 Å². The largest absolute Gasteiger partial charge is 0.481 e. The van der Waals surface area contributed by atoms with E-state index in [2.05, 4.69) is 4.72 Å². The molecule has 0 fully saturated rings. The van der Waals surface area contributed by atoms with Gasteiger partial charge in [-0.25, -0.2) is 13.1 Å². The Bertz CT molecular complexity index is 607. The number of aliphatic hydroxyl groups is 1. The fourth-order valence-corrected chi connectivity index (χ4v) is 2.85. The van der Waals surface area contributed by atoms with Crippen molar-refractivity contribution in [3.63, 3.8) is 0 Å². The minimum Gasteiger partial charge on any atom is -0.481 e. The van der Waals surface area contributed by atoms with Crippen molar-refractivity contribution in [2.75, 3.05) is 6.54 Å². The molecule has 0 heterocycles. The lowest BCUT2D eigenvalue weighted by molar-refractivity contribution is -0.141. The highest BCUT2D eigenvalue weighted by molar-refractivity contribution is 7.89. The zero-order valence-electron chi connectivity index (χ0n) is 11.7. The van der Waals surface area contributed by atoms with Gasteiger partial charge in [0.25, 0.3) is 0 Å². The molecule has 7 heteroatoms. The van der Waals surface area contributed by atoms with Gasteiger partial charge in [0.15, 0.2) is 0 Å². The predicted molar refractivity (Wildman–Crippen MR) is 74.0 cm³/mol. The average molecular weight is 301 g/mol. The Hall–Kier alpha value is -1.44. The fraction of sp³-hybridized carbons (Fsp3) is 0.462. The van der Waals surface area contributed by atoms with Gasteiger partial charge in [0.05, 0.1) is 16.9 Å². The molecule has 0 spiro atoms. The van der Waals surface area contributed by atoms with Crippen LogP contribution in [0, 0.1) is 13.8 Å². The van der Waals surface area contributed by atoms with Crippen LogP contribution in [0.3, 0.4) is 0 Å². The topological polar surface area (TPSA) is 104 Å². The number of carboxylic acids is 1. The van der Waals surface area contributed by atoms with Crippen molar-refractivity contribution in [1.29, 1.82) is 0 Å². The third kappa shape index (κ3) is 4.59. The van der Waals surface area contributed by atoms with Gasteiger partial charge in [-0.3, -0.25) is 4.79 Å². The molecule has 1 atom stereocenters. The molecular weight excluding hydrogens is 282 g/mol. The summed E-state index contributed by atoms with van der Waals surface area (Å²) in [7, 11) is -3.77. The normalized spacial score (nSPS) is 14.8. The molecule has 1 rings (SSSR count). The maximum atomic E-state index is 12.1. The highest BCUT2D eigenvalue weighted by atomic mass is 32.2. The number of sulfonamides is 1. The van der Waals surface area contributed by atoms with Gasteiger partial charge in [0.2, 0.25) is 10.0 Å². The Labute approximate surface area is 118 Å². The van der Waals surface area contributed by atoms with Crippen molar-refractivity contribution in [3.8, 4) is 0 Å². The SMILES string of the molecule is Cc1ccc(S(=O)(=O)NCC(C)(O)CC(=O)O)cc1C. The third-order valence-electron chi connectivity index (χ3n) is 2.96. The monoisotopic (exact) mass is 301 g/mol. The van der Waals surface area contributed by atoms with E-state index in [4.69, 9.17) is 5.11 Å². The summed E-state index contributed by atoms with van der Waals surface area (Å²) >= 11 is 0. The van der Waals surface area contributed by atoms with Crippen molar-refractivity contribution in [2.24, 2.45) is 0 Å². The van der Waals surface area contributed by atoms with Gasteiger partial charge in [-0.05, 0) is 44.0 Å². The summed E-state index contributed by atoms with van der Waals surface area (Å²) < 4.78 is 26.3. The predicted octanol–water partition coefficient (Wildman–Crippen LogP) is 0.807. The first-order chi connectivity index (χ1) is 9.03. The lowest BCUT2D eigenvalue weighted by Gasteiger charge is -2.21. The van der Waals surface area contributed by atoms with Crippen molar-refractivity contribution < 1.29 is 23.4 Å². The van der Waals surface area contributed by atoms with E-state index < -0.39 is 28.0 Å². The second-order valence-corrected chi connectivity index (χ2v) is 6.91. The molecule has 0 aliphatic rings. The molecule has 0 amide bonds. The minimum atomic E-state index is -3.77. The highest BCUT2D eigenvalue weighted by Crippen LogP contribution is 2.16. The number of benzene rings is 1. The highest BCUT2D eigenvalue weighted by Gasteiger charge is 2.27. The maximum absolute atomic E-state index is 12.1. The molecule has 6 nitrogen and oxygen atoms in total. The molecule has 1 aromatic carbocycles. The molecule has 0 bridgehead atoms. The number of hydrogen-bond donors (Lipinski definition) is 3. The van der Waals surface area contributed by atoms with Crippen LogP contribution in [-0.2, 0) is 14.8 Å². The molecule has 0 saturated carbocycles. The van der Waals surface area contributed by atoms with Gasteiger partial charge in [-0.15, -0.1) is 0 Å². The number of aryl methyl sites for hydroxylation is 2. The summed E-state index contributed by atoms with van der Waals surface area (Å²) in [6.07, 6.45) is -0.539. The number of aliphatic carboxylic acids is 1. The summed E-state index contributed by atoms with van der Waals surface area (Å²) in [6.45, 7) is 4.57. The van der Waals surface area contributed by atoms with Crippen molar-refractivity contribution in [2.45, 2.75) is 37.7 Å². The standard InChI is InChI=1S/C13H19NO5S/c1-9-4-5-11(6-10(9)2)20(18,19)14-8-13(3,17)7-12(15)16/h4-6,14,17H,7-8H2,1-3H3,(H,15,16). The first-order valence-electron chi connectivity index (χ1n) is 6.05. The smallest absolute Gasteiger partial charge is 0.306 e. The Morgan fingerprint density at radius 2 is 1.90 bits per heavy atom. The van der Waals surface area contributed by atoms with Crippen LogP contribution in [-0.4, -0.2) is 36.7 Å². The van der Waals surface area contributed by atoms with E-state index in [0.717, 1.165) is 11.1 Å². The first-order valence-corrected chi connectivity index (χ1v) is 7.53. The zero-order valence-corrected chi connectivity index (χ0v) is 12.5. The van der Waals surface area contributed by atoms with E-state index in [-0.39, 0.29) is 11.4 Å². The van der Waals surface area contributed by atoms with Crippen LogP contribution in [0.5, 0.6) is 0 Å². The van der Waals surface area contributed by atoms with Crippen LogP contribution in [0.15, 0.2) is 23.1 Å². The second kappa shape index (κ2) is 5.90. The van der Waals surface area contributed by atoms with E-state index >= 15 is 0 Å². The molecule has 0 aliphatic heterocycles. The van der Waals surface area contributed by atoms with Gasteiger partial charge in [-0.2, -0.15) is 0 Å². The summed E-state index contributed by atoms with van der Waals surface area (Å²) in [5.41, 5.74) is 0.172. The lowest BCUT2D eigenvalue weighted by atomic mass is 10.0. The average Bonchev–Trinajstić information content (AvgIpc) is 2.29. The lowest BCUT2D eigenvalue weighted by Crippen LogP contribution is -2.42. The number of rotatable bonds is 6. The molecule has 112 valence electrons. The quantitative estimate of drug-likeness (QED) is 0.721. The van der Waals surface area contributed by atoms with Crippen LogP contribution in [0.25, 0.3) is 0 Å². The molecule has 0 aromatic heterocycles. The number of hydrogen-bond acceptors (Lipinski definition) is 4. The van der Waals surface area contributed by atoms with Gasteiger partial charge in [-0.1, -0.05) is 6.07 Å². The minimum absolute atomic E-state index is 0.0896. The van der Waals surface area contributed by atoms with Crippen molar-refractivity contribution in [1.82, 2.24) is 4.72 Å². The van der Waals surface area contributed by atoms with E-state index in [9.17, 15) is 18.3 Å².